The van der Waals surface area contributed by atoms with E-state index < -0.39 is 0 Å². The molecule has 0 aromatic carbocycles. The summed E-state index contributed by atoms with van der Waals surface area (Å²) < 4.78 is 5.42. The number of nitrogens with one attached hydrogen (secondary N) is 1. The van der Waals surface area contributed by atoms with Crippen molar-refractivity contribution >= 4 is 5.91 Å². The van der Waals surface area contributed by atoms with E-state index in [0.29, 0.717) is 6.42 Å². The van der Waals surface area contributed by atoms with E-state index in [-0.39, 0.29) is 24.0 Å². The van der Waals surface area contributed by atoms with Gasteiger partial charge < -0.3 is 15.2 Å². The quantitative estimate of drug-likeness (QED) is 0.706. The third kappa shape index (κ3) is 3.19. The molecule has 0 aromatic heterocycles. The van der Waals surface area contributed by atoms with Crippen LogP contribution in [0.5, 0.6) is 0 Å². The molecule has 1 amide bonds. The highest BCUT2D eigenvalue weighted by Crippen LogP contribution is 2.47. The molecular formula is C12H21NO3. The van der Waals surface area contributed by atoms with E-state index in [0.717, 1.165) is 45.3 Å². The first kappa shape index (κ1) is 11.9. The van der Waals surface area contributed by atoms with Gasteiger partial charge in [-0.2, -0.15) is 0 Å². The Balaban J connectivity index is 1.63. The van der Waals surface area contributed by atoms with E-state index in [9.17, 15) is 4.79 Å². The number of aliphatic hydroxyl groups excluding tert-OH is 1. The number of carbonyl (C=O) groups is 1. The lowest BCUT2D eigenvalue weighted by molar-refractivity contribution is -0.123. The summed E-state index contributed by atoms with van der Waals surface area (Å²) in [4.78, 5) is 11.6. The van der Waals surface area contributed by atoms with Gasteiger partial charge in [0.25, 0.3) is 0 Å². The second kappa shape index (κ2) is 5.15. The molecule has 2 rings (SSSR count). The van der Waals surface area contributed by atoms with Crippen LogP contribution in [0, 0.1) is 5.41 Å². The molecule has 0 radical (unpaired) electrons. The molecule has 1 unspecified atom stereocenters. The Hall–Kier alpha value is -0.610. The molecule has 0 aromatic rings. The molecule has 1 heterocycles. The summed E-state index contributed by atoms with van der Waals surface area (Å²) in [5.74, 6) is 0.0936. The fraction of sp³-hybridized carbons (Fsp3) is 0.917. The van der Waals surface area contributed by atoms with Crippen LogP contribution < -0.4 is 5.32 Å². The van der Waals surface area contributed by atoms with Crippen molar-refractivity contribution in [3.05, 3.63) is 0 Å². The van der Waals surface area contributed by atoms with E-state index in [2.05, 4.69) is 5.32 Å². The van der Waals surface area contributed by atoms with E-state index in [4.69, 9.17) is 9.84 Å². The van der Waals surface area contributed by atoms with Crippen LogP contribution in [0.15, 0.2) is 0 Å². The largest absolute Gasteiger partial charge is 0.396 e. The third-order valence-electron chi connectivity index (χ3n) is 3.70. The van der Waals surface area contributed by atoms with Gasteiger partial charge in [-0.3, -0.25) is 4.79 Å². The predicted molar refractivity (Wildman–Crippen MR) is 60.0 cm³/mol. The van der Waals surface area contributed by atoms with Crippen molar-refractivity contribution in [2.75, 3.05) is 19.8 Å². The standard InChI is InChI=1S/C12H21NO3/c14-6-5-12(3-4-12)9-13-11(15)8-10-2-1-7-16-10/h10,14H,1-9H2,(H,13,15). The van der Waals surface area contributed by atoms with Crippen molar-refractivity contribution in [1.82, 2.24) is 5.32 Å². The van der Waals surface area contributed by atoms with E-state index in [1.165, 1.54) is 0 Å². The zero-order valence-corrected chi connectivity index (χ0v) is 9.71. The van der Waals surface area contributed by atoms with Crippen molar-refractivity contribution in [2.24, 2.45) is 5.41 Å². The number of hydrogen-bond acceptors (Lipinski definition) is 3. The first-order chi connectivity index (χ1) is 7.74. The van der Waals surface area contributed by atoms with E-state index >= 15 is 0 Å². The molecule has 2 N–H and O–H groups in total. The fourth-order valence-corrected chi connectivity index (χ4v) is 2.30. The smallest absolute Gasteiger partial charge is 0.222 e. The maximum Gasteiger partial charge on any atom is 0.222 e. The first-order valence-electron chi connectivity index (χ1n) is 6.23. The van der Waals surface area contributed by atoms with Crippen molar-refractivity contribution in [3.8, 4) is 0 Å². The van der Waals surface area contributed by atoms with Crippen LogP contribution >= 0.6 is 0 Å². The zero-order chi connectivity index (χ0) is 11.4. The molecule has 16 heavy (non-hydrogen) atoms. The molecule has 2 fully saturated rings. The zero-order valence-electron chi connectivity index (χ0n) is 9.71. The Morgan fingerprint density at radius 2 is 2.31 bits per heavy atom. The van der Waals surface area contributed by atoms with Gasteiger partial charge in [-0.1, -0.05) is 0 Å². The summed E-state index contributed by atoms with van der Waals surface area (Å²) in [7, 11) is 0. The van der Waals surface area contributed by atoms with Gasteiger partial charge in [0.1, 0.15) is 0 Å². The van der Waals surface area contributed by atoms with Gasteiger partial charge >= 0.3 is 0 Å². The number of rotatable bonds is 6. The van der Waals surface area contributed by atoms with E-state index in [1.807, 2.05) is 0 Å². The predicted octanol–water partition coefficient (Wildman–Crippen LogP) is 0.834. The molecule has 0 spiro atoms. The van der Waals surface area contributed by atoms with Crippen LogP contribution in [0.3, 0.4) is 0 Å². The number of ether oxygens (including phenoxy) is 1. The lowest BCUT2D eigenvalue weighted by atomic mass is 10.0. The molecule has 1 saturated carbocycles. The average Bonchev–Trinajstić information content (AvgIpc) is 2.83. The Morgan fingerprint density at radius 3 is 2.88 bits per heavy atom. The highest BCUT2D eigenvalue weighted by Gasteiger charge is 2.41. The second-order valence-corrected chi connectivity index (χ2v) is 5.09. The molecule has 1 saturated heterocycles. The Morgan fingerprint density at radius 1 is 1.50 bits per heavy atom. The van der Waals surface area contributed by atoms with Gasteiger partial charge in [0, 0.05) is 19.8 Å². The van der Waals surface area contributed by atoms with Gasteiger partial charge in [0.15, 0.2) is 0 Å². The van der Waals surface area contributed by atoms with Gasteiger partial charge in [0.2, 0.25) is 5.91 Å². The van der Waals surface area contributed by atoms with Crippen LogP contribution in [-0.4, -0.2) is 36.9 Å². The van der Waals surface area contributed by atoms with Crippen molar-refractivity contribution in [3.63, 3.8) is 0 Å². The summed E-state index contributed by atoms with van der Waals surface area (Å²) >= 11 is 0. The Kier molecular flexibility index (Phi) is 3.82. The molecule has 4 heteroatoms. The monoisotopic (exact) mass is 227 g/mol. The lowest BCUT2D eigenvalue weighted by Crippen LogP contribution is -2.32. The van der Waals surface area contributed by atoms with Crippen LogP contribution in [0.4, 0.5) is 0 Å². The lowest BCUT2D eigenvalue weighted by Gasteiger charge is -2.15. The van der Waals surface area contributed by atoms with Crippen molar-refractivity contribution < 1.29 is 14.6 Å². The summed E-state index contributed by atoms with van der Waals surface area (Å²) in [6.07, 6.45) is 5.79. The fourth-order valence-electron chi connectivity index (χ4n) is 2.30. The SMILES string of the molecule is O=C(CC1CCCO1)NCC1(CCO)CC1. The van der Waals surface area contributed by atoms with Crippen molar-refractivity contribution in [1.29, 1.82) is 0 Å². The normalized spacial score (nSPS) is 26.7. The second-order valence-electron chi connectivity index (χ2n) is 5.09. The first-order valence-corrected chi connectivity index (χ1v) is 6.23. The van der Waals surface area contributed by atoms with E-state index in [1.54, 1.807) is 0 Å². The Bertz CT molecular complexity index is 245. The third-order valence-corrected chi connectivity index (χ3v) is 3.70. The highest BCUT2D eigenvalue weighted by molar-refractivity contribution is 5.76. The molecule has 0 bridgehead atoms. The summed E-state index contributed by atoms with van der Waals surface area (Å²) in [6, 6.07) is 0. The van der Waals surface area contributed by atoms with Crippen molar-refractivity contribution in [2.45, 2.75) is 44.6 Å². The summed E-state index contributed by atoms with van der Waals surface area (Å²) in [5.41, 5.74) is 0.209. The maximum atomic E-state index is 11.6. The van der Waals surface area contributed by atoms with Gasteiger partial charge in [-0.15, -0.1) is 0 Å². The van der Waals surface area contributed by atoms with Crippen LogP contribution in [0.25, 0.3) is 0 Å². The molecule has 1 aliphatic heterocycles. The molecule has 2 aliphatic rings. The van der Waals surface area contributed by atoms with Gasteiger partial charge in [-0.25, -0.2) is 0 Å². The van der Waals surface area contributed by atoms with Gasteiger partial charge in [0.05, 0.1) is 12.5 Å². The Labute approximate surface area is 96.4 Å². The maximum absolute atomic E-state index is 11.6. The minimum atomic E-state index is 0.0936. The average molecular weight is 227 g/mol. The van der Waals surface area contributed by atoms with Gasteiger partial charge in [-0.05, 0) is 37.5 Å². The molecule has 4 nitrogen and oxygen atoms in total. The molecule has 1 aliphatic carbocycles. The molecule has 1 atom stereocenters. The number of hydrogen-bond donors (Lipinski definition) is 2. The number of amides is 1. The molecular weight excluding hydrogens is 206 g/mol. The number of carbonyl (C=O) groups excluding carboxylic acids is 1. The highest BCUT2D eigenvalue weighted by atomic mass is 16.5. The minimum Gasteiger partial charge on any atom is -0.396 e. The van der Waals surface area contributed by atoms with Crippen LogP contribution in [0.1, 0.15) is 38.5 Å². The van der Waals surface area contributed by atoms with Crippen LogP contribution in [-0.2, 0) is 9.53 Å². The number of aliphatic hydroxyl groups is 1. The summed E-state index contributed by atoms with van der Waals surface area (Å²) in [5, 5.41) is 11.9. The summed E-state index contributed by atoms with van der Waals surface area (Å²) in [6.45, 7) is 1.74. The van der Waals surface area contributed by atoms with Crippen LogP contribution in [0.2, 0.25) is 0 Å². The molecule has 92 valence electrons. The topological polar surface area (TPSA) is 58.6 Å². The minimum absolute atomic E-state index is 0.0936.